The minimum absolute atomic E-state index is 0.155. The monoisotopic (exact) mass is 1290 g/mol. The molecule has 0 amide bonds. The van der Waals surface area contributed by atoms with Gasteiger partial charge in [0.25, 0.3) is 0 Å². The molecule has 1 heterocycles. The normalized spacial score (nSPS) is 11.3. The molecule has 3 N–H and O–H groups in total. The summed E-state index contributed by atoms with van der Waals surface area (Å²) in [5.41, 5.74) is 9.00. The number of nitrogens with one attached hydrogen (secondary N) is 1. The van der Waals surface area contributed by atoms with Crippen molar-refractivity contribution in [3.05, 3.63) is 174 Å². The van der Waals surface area contributed by atoms with E-state index < -0.39 is 19.5 Å². The van der Waals surface area contributed by atoms with Crippen molar-refractivity contribution in [3.63, 3.8) is 0 Å². The van der Waals surface area contributed by atoms with E-state index in [1.807, 2.05) is 84.9 Å². The van der Waals surface area contributed by atoms with Crippen LogP contribution in [-0.4, -0.2) is 100 Å². The fraction of sp³-hybridized carbons (Fsp3) is 0.422. The molecular weight excluding hydrogens is 1210 g/mol. The highest BCUT2D eigenvalue weighted by Crippen LogP contribution is 2.16. The summed E-state index contributed by atoms with van der Waals surface area (Å²) in [5, 5.41) is 20.2. The van der Waals surface area contributed by atoms with Crippen LogP contribution in [0.5, 0.6) is 0 Å². The van der Waals surface area contributed by atoms with Gasteiger partial charge in [-0.05, 0) is 156 Å². The lowest BCUT2D eigenvalue weighted by Gasteiger charge is -2.21. The van der Waals surface area contributed by atoms with Gasteiger partial charge in [0.2, 0.25) is 0 Å². The van der Waals surface area contributed by atoms with Gasteiger partial charge in [-0.1, -0.05) is 172 Å². The van der Waals surface area contributed by atoms with Crippen LogP contribution in [0.4, 0.5) is 4.79 Å². The third-order valence-electron chi connectivity index (χ3n) is 10.9. The molecule has 0 radical (unpaired) electrons. The average molecular weight is 1300 g/mol. The molecule has 14 heteroatoms. The van der Waals surface area contributed by atoms with Crippen molar-refractivity contribution in [2.75, 3.05) is 59.7 Å². The Morgan fingerprint density at radius 2 is 1.14 bits per heavy atom. The number of carboxylic acid groups (broad SMARTS) is 1. The number of carbonyl (C=O) groups is 3. The lowest BCUT2D eigenvalue weighted by Crippen LogP contribution is -2.32. The molecule has 5 aromatic carbocycles. The summed E-state index contributed by atoms with van der Waals surface area (Å²) in [7, 11) is 1.01. The highest BCUT2D eigenvalue weighted by atomic mass is 79.9. The topological polar surface area (TPSA) is 125 Å². The van der Waals surface area contributed by atoms with E-state index in [1.165, 1.54) is 41.5 Å². The molecule has 0 spiro atoms. The molecule has 0 saturated carbocycles. The number of nitrogens with zero attached hydrogens (tertiary/aromatic N) is 1. The number of morpholine rings is 1. The zero-order chi connectivity index (χ0) is 58.2. The smallest absolute Gasteiger partial charge is 0.403 e. The van der Waals surface area contributed by atoms with Gasteiger partial charge in [0.15, 0.2) is 5.78 Å². The second-order valence-corrected chi connectivity index (χ2v) is 26.9. The molecule has 6 rings (SSSR count). The van der Waals surface area contributed by atoms with Crippen LogP contribution in [-0.2, 0) is 40.0 Å². The lowest BCUT2D eigenvalue weighted by molar-refractivity contribution is -0.137. The number of aryl methyl sites for hydroxylation is 4. The predicted octanol–water partition coefficient (Wildman–Crippen LogP) is 16.1. The molecule has 1 saturated heterocycles. The molecule has 1 fully saturated rings. The zero-order valence-electron chi connectivity index (χ0n) is 47.0. The van der Waals surface area contributed by atoms with Crippen LogP contribution < -0.4 is 5.32 Å². The number of ether oxygens (including phenoxy) is 2. The number of halogens is 4. The summed E-state index contributed by atoms with van der Waals surface area (Å²) in [6.07, 6.45) is 23.5. The number of ketones is 1. The standard InChI is InChI=1S/C18H20BrNO.C13H16.C10H11BrO2.C10H13BrO.C5H11NO.C5H10Si.C3H5ClO2/c19-17-11-6-8-15(13-17)7-4-5-12-20-14-18(21)16-9-2-1-3-10-16;1-3-5-6-8-13-10-7-9-12(4-2)11-13;11-9-5-1-3-8(7-9)4-2-6-10(12)13;11-10-6-3-5-9(8-10)4-1-2-7-12;1-6-2-4-7-5-3-6;1-5-6(2,3)4;1-2-6-3(4)5/h1-3,6,8-11,13,20H,4-5,7,12,14H2;2,7,9-11H,3,5-6,8H2,1H3;1,3,5,7H,2,4,6H2,(H,12,13);3,5-6,8,12H,1-2,4,7H2;2-5H2,1H3;1H,2-4H3;2H2,1H3. The SMILES string of the molecule is C#C[Si](C)(C)C.C#Cc1cccc(CCCCC)c1.CCOC(=O)Cl.CN1CCOCC1.O=C(CNCCCCc1cccc(Br)c1)c1ccccc1.O=C(O)CCCc1cccc(Br)c1.OCCCCc1cccc(Br)c1. The Bertz CT molecular complexity index is 2440. The number of terminal acetylenes is 2. The van der Waals surface area contributed by atoms with Gasteiger partial charge in [-0.15, -0.1) is 18.4 Å². The summed E-state index contributed by atoms with van der Waals surface area (Å²) < 4.78 is 12.6. The Morgan fingerprint density at radius 3 is 1.53 bits per heavy atom. The first-order chi connectivity index (χ1) is 37.3. The van der Waals surface area contributed by atoms with Crippen molar-refractivity contribution in [3.8, 4) is 24.3 Å². The van der Waals surface area contributed by atoms with Crippen LogP contribution in [0.1, 0.15) is 110 Å². The number of benzene rings is 5. The fourth-order valence-electron chi connectivity index (χ4n) is 6.63. The summed E-state index contributed by atoms with van der Waals surface area (Å²) in [6.45, 7) is 16.3. The summed E-state index contributed by atoms with van der Waals surface area (Å²) in [6, 6.07) is 42.4. The molecular formula is C64H86Br3ClN2O7Si. The van der Waals surface area contributed by atoms with Crippen molar-refractivity contribution >= 4 is 84.6 Å². The van der Waals surface area contributed by atoms with E-state index in [1.54, 1.807) is 6.92 Å². The van der Waals surface area contributed by atoms with Gasteiger partial charge in [0.1, 0.15) is 8.07 Å². The summed E-state index contributed by atoms with van der Waals surface area (Å²) in [5.74, 6) is 2.09. The molecule has 426 valence electrons. The first-order valence-corrected chi connectivity index (χ1v) is 33.1. The largest absolute Gasteiger partial charge is 0.481 e. The Labute approximate surface area is 500 Å². The van der Waals surface area contributed by atoms with E-state index in [0.29, 0.717) is 26.2 Å². The van der Waals surface area contributed by atoms with Crippen LogP contribution >= 0.6 is 59.4 Å². The molecule has 9 nitrogen and oxygen atoms in total. The van der Waals surface area contributed by atoms with Gasteiger partial charge >= 0.3 is 11.4 Å². The highest BCUT2D eigenvalue weighted by Gasteiger charge is 2.06. The quantitative estimate of drug-likeness (QED) is 0.0216. The number of hydrogen-bond acceptors (Lipinski definition) is 8. The van der Waals surface area contributed by atoms with Crippen molar-refractivity contribution in [1.29, 1.82) is 0 Å². The van der Waals surface area contributed by atoms with E-state index >= 15 is 0 Å². The number of carboxylic acids is 1. The third kappa shape index (κ3) is 45.5. The molecule has 0 atom stereocenters. The molecule has 0 aromatic heterocycles. The lowest BCUT2D eigenvalue weighted by atomic mass is 10.1. The predicted molar refractivity (Wildman–Crippen MR) is 341 cm³/mol. The number of carbonyl (C=O) groups excluding carboxylic acids is 2. The Hall–Kier alpha value is -4.38. The van der Waals surface area contributed by atoms with Crippen molar-refractivity contribution in [2.45, 2.75) is 117 Å². The minimum atomic E-state index is -1.10. The molecule has 1 aliphatic heterocycles. The van der Waals surface area contributed by atoms with Crippen molar-refractivity contribution in [2.24, 2.45) is 0 Å². The van der Waals surface area contributed by atoms with E-state index in [-0.39, 0.29) is 12.2 Å². The maximum atomic E-state index is 11.9. The minimum Gasteiger partial charge on any atom is -0.481 e. The number of rotatable bonds is 21. The molecule has 0 unspecified atom stereocenters. The maximum Gasteiger partial charge on any atom is 0.403 e. The third-order valence-corrected chi connectivity index (χ3v) is 13.4. The molecule has 78 heavy (non-hydrogen) atoms. The Kier molecular flexibility index (Phi) is 45.8. The number of aliphatic hydroxyl groups excluding tert-OH is 1. The zero-order valence-corrected chi connectivity index (χ0v) is 53.5. The van der Waals surface area contributed by atoms with Crippen molar-refractivity contribution < 1.29 is 34.1 Å². The number of aliphatic carboxylic acids is 1. The second-order valence-electron chi connectivity index (χ2n) is 19.0. The number of Topliss-reactive ketones (excluding diaryl/α,β-unsaturated/α-hetero) is 1. The molecule has 1 aliphatic rings. The fourth-order valence-corrected chi connectivity index (χ4v) is 8.08. The number of likely N-dealkylation sites (N-methyl/N-ethyl adjacent to an activating group) is 1. The second kappa shape index (κ2) is 48.5. The molecule has 5 aromatic rings. The van der Waals surface area contributed by atoms with Crippen LogP contribution in [0.3, 0.4) is 0 Å². The Balaban J connectivity index is 0.000000928. The van der Waals surface area contributed by atoms with Gasteiger partial charge in [-0.3, -0.25) is 9.59 Å². The Morgan fingerprint density at radius 1 is 0.679 bits per heavy atom. The first kappa shape index (κ1) is 73.6. The van der Waals surface area contributed by atoms with E-state index in [4.69, 9.17) is 39.4 Å². The van der Waals surface area contributed by atoms with Crippen LogP contribution in [0.25, 0.3) is 0 Å². The van der Waals surface area contributed by atoms with E-state index in [0.717, 1.165) is 109 Å². The number of hydrogen-bond donors (Lipinski definition) is 3. The van der Waals surface area contributed by atoms with Crippen molar-refractivity contribution in [1.82, 2.24) is 10.2 Å². The molecule has 0 bridgehead atoms. The number of unbranched alkanes of at least 4 members (excludes halogenated alkanes) is 4. The first-order valence-electron chi connectivity index (χ1n) is 26.8. The van der Waals surface area contributed by atoms with Gasteiger partial charge in [-0.25, -0.2) is 4.79 Å². The summed E-state index contributed by atoms with van der Waals surface area (Å²) in [4.78, 5) is 34.0. The van der Waals surface area contributed by atoms with Crippen LogP contribution in [0.15, 0.2) is 141 Å². The van der Waals surface area contributed by atoms with Gasteiger partial charge in [0, 0.05) is 62.3 Å². The maximum absolute atomic E-state index is 11.9. The van der Waals surface area contributed by atoms with Crippen LogP contribution in [0, 0.1) is 24.3 Å². The van der Waals surface area contributed by atoms with Gasteiger partial charge in [0.05, 0.1) is 26.4 Å². The van der Waals surface area contributed by atoms with E-state index in [9.17, 15) is 14.4 Å². The van der Waals surface area contributed by atoms with Gasteiger partial charge < -0.3 is 29.9 Å². The molecule has 0 aliphatic carbocycles. The number of aliphatic hydroxyl groups is 1. The van der Waals surface area contributed by atoms with Crippen LogP contribution in [0.2, 0.25) is 19.6 Å². The highest BCUT2D eigenvalue weighted by molar-refractivity contribution is 9.11. The van der Waals surface area contributed by atoms with E-state index in [2.05, 4.69) is 150 Å². The average Bonchev–Trinajstić information content (AvgIpc) is 3.41. The van der Waals surface area contributed by atoms with Gasteiger partial charge in [-0.2, -0.15) is 0 Å². The summed E-state index contributed by atoms with van der Waals surface area (Å²) >= 11 is 15.0.